The first-order valence-corrected chi connectivity index (χ1v) is 10.1. The van der Waals surface area contributed by atoms with Gasteiger partial charge in [0.1, 0.15) is 41.9 Å². The van der Waals surface area contributed by atoms with Gasteiger partial charge in [0.25, 0.3) is 0 Å². The number of hydrogen-bond donors (Lipinski definition) is 0. The normalized spacial score (nSPS) is 18.7. The first kappa shape index (κ1) is 20.1. The fourth-order valence-corrected chi connectivity index (χ4v) is 4.34. The summed E-state index contributed by atoms with van der Waals surface area (Å²) in [5.41, 5.74) is 0. The molecule has 7 nitrogen and oxygen atoms in total. The molecule has 0 N–H and O–H groups in total. The maximum atomic E-state index is 12.5. The summed E-state index contributed by atoms with van der Waals surface area (Å²) >= 11 is 1.48. The second-order valence-electron chi connectivity index (χ2n) is 6.06. The van der Waals surface area contributed by atoms with Crippen LogP contribution in [0.3, 0.4) is 0 Å². The van der Waals surface area contributed by atoms with Gasteiger partial charge < -0.3 is 23.5 Å². The highest BCUT2D eigenvalue weighted by molar-refractivity contribution is 7.99. The van der Waals surface area contributed by atoms with Crippen LogP contribution >= 0.6 is 11.8 Å². The number of furan rings is 1. The predicted octanol–water partition coefficient (Wildman–Crippen LogP) is 3.26. The molecule has 2 aromatic rings. The topological polar surface area (TPSA) is 78.2 Å². The number of esters is 1. The number of benzene rings is 1. The number of nitrogens with zero attached hydrogens (tertiary/aromatic N) is 1. The minimum Gasteiger partial charge on any atom is -0.494 e. The van der Waals surface area contributed by atoms with Crippen molar-refractivity contribution in [1.29, 1.82) is 0 Å². The number of amides is 1. The third-order valence-corrected chi connectivity index (χ3v) is 5.44. The van der Waals surface area contributed by atoms with Crippen LogP contribution in [0.25, 0.3) is 0 Å². The maximum absolute atomic E-state index is 12.5. The molecular weight excluding hydrogens is 382 g/mol. The van der Waals surface area contributed by atoms with E-state index in [0.717, 1.165) is 5.75 Å². The standard InChI is InChI=1S/C20H23NO6S/c1-3-24-15-6-8-16(9-7-15)25-11-12-27-20(23)17-13-28-19(21(17)14(2)22)18-5-4-10-26-18/h4-10,17,19H,3,11-13H2,1-2H3/t17-,19+/m0/s1. The Labute approximate surface area is 167 Å². The lowest BCUT2D eigenvalue weighted by molar-refractivity contribution is -0.154. The average molecular weight is 405 g/mol. The van der Waals surface area contributed by atoms with Crippen molar-refractivity contribution in [1.82, 2.24) is 4.90 Å². The zero-order chi connectivity index (χ0) is 19.9. The van der Waals surface area contributed by atoms with E-state index in [2.05, 4.69) is 0 Å². The summed E-state index contributed by atoms with van der Waals surface area (Å²) in [7, 11) is 0. The summed E-state index contributed by atoms with van der Waals surface area (Å²) in [4.78, 5) is 26.1. The van der Waals surface area contributed by atoms with Crippen molar-refractivity contribution in [2.75, 3.05) is 25.6 Å². The minimum atomic E-state index is -0.636. The van der Waals surface area contributed by atoms with Crippen LogP contribution in [0.5, 0.6) is 11.5 Å². The lowest BCUT2D eigenvalue weighted by Gasteiger charge is -2.25. The molecule has 1 aromatic carbocycles. The van der Waals surface area contributed by atoms with E-state index < -0.39 is 12.0 Å². The van der Waals surface area contributed by atoms with E-state index >= 15 is 0 Å². The van der Waals surface area contributed by atoms with Crippen molar-refractivity contribution in [3.05, 3.63) is 48.4 Å². The summed E-state index contributed by atoms with van der Waals surface area (Å²) in [5, 5.41) is -0.315. The maximum Gasteiger partial charge on any atom is 0.329 e. The predicted molar refractivity (Wildman–Crippen MR) is 104 cm³/mol. The van der Waals surface area contributed by atoms with Gasteiger partial charge in [0, 0.05) is 12.7 Å². The molecule has 0 saturated carbocycles. The molecule has 0 bridgehead atoms. The van der Waals surface area contributed by atoms with Crippen LogP contribution in [0.15, 0.2) is 47.1 Å². The van der Waals surface area contributed by atoms with Crippen molar-refractivity contribution in [2.45, 2.75) is 25.3 Å². The molecule has 2 heterocycles. The van der Waals surface area contributed by atoms with Crippen LogP contribution in [0, 0.1) is 0 Å². The number of hydrogen-bond acceptors (Lipinski definition) is 7. The summed E-state index contributed by atoms with van der Waals surface area (Å²) in [6.45, 7) is 4.29. The van der Waals surface area contributed by atoms with Gasteiger partial charge in [0.15, 0.2) is 0 Å². The molecule has 3 rings (SSSR count). The SMILES string of the molecule is CCOc1ccc(OCCOC(=O)[C@@H]2CS[C@H](c3ccco3)N2C(C)=O)cc1. The number of carbonyl (C=O) groups excluding carboxylic acids is 2. The third-order valence-electron chi connectivity index (χ3n) is 4.15. The largest absolute Gasteiger partial charge is 0.494 e. The van der Waals surface area contributed by atoms with Crippen LogP contribution in [0.2, 0.25) is 0 Å². The van der Waals surface area contributed by atoms with Crippen molar-refractivity contribution < 1.29 is 28.2 Å². The molecule has 1 fully saturated rings. The molecule has 0 spiro atoms. The van der Waals surface area contributed by atoms with Gasteiger partial charge in [-0.2, -0.15) is 0 Å². The monoisotopic (exact) mass is 405 g/mol. The molecule has 1 aliphatic heterocycles. The first-order chi connectivity index (χ1) is 13.6. The zero-order valence-corrected chi connectivity index (χ0v) is 16.6. The molecule has 1 saturated heterocycles. The molecule has 0 unspecified atom stereocenters. The van der Waals surface area contributed by atoms with Gasteiger partial charge in [-0.3, -0.25) is 4.79 Å². The summed E-state index contributed by atoms with van der Waals surface area (Å²) in [6.07, 6.45) is 1.55. The highest BCUT2D eigenvalue weighted by Crippen LogP contribution is 2.41. The average Bonchev–Trinajstić information content (AvgIpc) is 3.35. The molecule has 0 radical (unpaired) electrons. The molecular formula is C20H23NO6S. The van der Waals surface area contributed by atoms with Crippen LogP contribution in [-0.2, 0) is 14.3 Å². The van der Waals surface area contributed by atoms with Gasteiger partial charge in [0.2, 0.25) is 5.91 Å². The van der Waals surface area contributed by atoms with Gasteiger partial charge in [-0.1, -0.05) is 0 Å². The summed E-state index contributed by atoms with van der Waals surface area (Å²) in [6, 6.07) is 10.2. The quantitative estimate of drug-likeness (QED) is 0.493. The zero-order valence-electron chi connectivity index (χ0n) is 15.8. The third kappa shape index (κ3) is 4.81. The smallest absolute Gasteiger partial charge is 0.329 e. The van der Waals surface area contributed by atoms with Gasteiger partial charge in [-0.25, -0.2) is 4.79 Å². The van der Waals surface area contributed by atoms with Crippen molar-refractivity contribution in [3.8, 4) is 11.5 Å². The Kier molecular flexibility index (Phi) is 6.86. The van der Waals surface area contributed by atoms with Crippen LogP contribution in [-0.4, -0.2) is 48.4 Å². The highest BCUT2D eigenvalue weighted by Gasteiger charge is 2.43. The van der Waals surface area contributed by atoms with E-state index in [1.54, 1.807) is 30.5 Å². The lowest BCUT2D eigenvalue weighted by atomic mass is 10.2. The molecule has 8 heteroatoms. The van der Waals surface area contributed by atoms with Gasteiger partial charge in [-0.15, -0.1) is 11.8 Å². The van der Waals surface area contributed by atoms with Crippen LogP contribution in [0.4, 0.5) is 0 Å². The Morgan fingerprint density at radius 1 is 1.14 bits per heavy atom. The van der Waals surface area contributed by atoms with E-state index in [9.17, 15) is 9.59 Å². The number of thioether (sulfide) groups is 1. The van der Waals surface area contributed by atoms with Crippen LogP contribution < -0.4 is 9.47 Å². The molecule has 1 aromatic heterocycles. The molecule has 2 atom stereocenters. The lowest BCUT2D eigenvalue weighted by Crippen LogP contribution is -2.43. The second-order valence-corrected chi connectivity index (χ2v) is 7.18. The fraction of sp³-hybridized carbons (Fsp3) is 0.400. The minimum absolute atomic E-state index is 0.102. The van der Waals surface area contributed by atoms with E-state index in [4.69, 9.17) is 18.6 Å². The van der Waals surface area contributed by atoms with E-state index in [0.29, 0.717) is 23.9 Å². The molecule has 150 valence electrons. The van der Waals surface area contributed by atoms with Crippen molar-refractivity contribution in [3.63, 3.8) is 0 Å². The Balaban J connectivity index is 1.48. The molecule has 0 aliphatic carbocycles. The Morgan fingerprint density at radius 2 is 1.86 bits per heavy atom. The van der Waals surface area contributed by atoms with E-state index in [1.807, 2.05) is 19.1 Å². The number of ether oxygens (including phenoxy) is 3. The van der Waals surface area contributed by atoms with Crippen molar-refractivity contribution >= 4 is 23.6 Å². The molecule has 28 heavy (non-hydrogen) atoms. The van der Waals surface area contributed by atoms with Crippen molar-refractivity contribution in [2.24, 2.45) is 0 Å². The van der Waals surface area contributed by atoms with Gasteiger partial charge in [-0.05, 0) is 43.3 Å². The number of rotatable bonds is 8. The highest BCUT2D eigenvalue weighted by atomic mass is 32.2. The first-order valence-electron chi connectivity index (χ1n) is 9.06. The molecule has 1 amide bonds. The summed E-state index contributed by atoms with van der Waals surface area (Å²) < 4.78 is 21.7. The fourth-order valence-electron chi connectivity index (χ4n) is 2.92. The van der Waals surface area contributed by atoms with E-state index in [1.165, 1.54) is 23.6 Å². The van der Waals surface area contributed by atoms with Gasteiger partial charge in [0.05, 0.1) is 12.9 Å². The van der Waals surface area contributed by atoms with E-state index in [-0.39, 0.29) is 24.5 Å². The van der Waals surface area contributed by atoms with Crippen LogP contribution in [0.1, 0.15) is 25.0 Å². The van der Waals surface area contributed by atoms with Gasteiger partial charge >= 0.3 is 5.97 Å². The molecule has 1 aliphatic rings. The second kappa shape index (κ2) is 9.54. The summed E-state index contributed by atoms with van der Waals surface area (Å²) in [5.74, 6) is 1.92. The Bertz CT molecular complexity index is 777. The number of carbonyl (C=O) groups is 2. The Hall–Kier alpha value is -2.61. The Morgan fingerprint density at radius 3 is 2.46 bits per heavy atom.